The fourth-order valence-electron chi connectivity index (χ4n) is 3.10. The molecule has 1 atom stereocenters. The number of ketones is 1. The highest BCUT2D eigenvalue weighted by Crippen LogP contribution is 2.29. The first-order valence-corrected chi connectivity index (χ1v) is 8.66. The van der Waals surface area contributed by atoms with Crippen LogP contribution in [0.3, 0.4) is 0 Å². The van der Waals surface area contributed by atoms with E-state index in [4.69, 9.17) is 5.26 Å². The monoisotopic (exact) mass is 361 g/mol. The third-order valence-corrected chi connectivity index (χ3v) is 4.83. The molecule has 2 aromatic rings. The van der Waals surface area contributed by atoms with Crippen molar-refractivity contribution >= 4 is 17.7 Å². The molecule has 136 valence electrons. The van der Waals surface area contributed by atoms with Crippen LogP contribution < -0.4 is 5.32 Å². The van der Waals surface area contributed by atoms with E-state index in [0.717, 1.165) is 16.9 Å². The van der Waals surface area contributed by atoms with Gasteiger partial charge in [0.25, 0.3) is 5.91 Å². The van der Waals surface area contributed by atoms with Crippen LogP contribution in [-0.4, -0.2) is 29.2 Å². The van der Waals surface area contributed by atoms with Gasteiger partial charge in [-0.25, -0.2) is 4.79 Å². The van der Waals surface area contributed by atoms with Crippen LogP contribution in [0.5, 0.6) is 0 Å². The maximum Gasteiger partial charge on any atom is 0.325 e. The van der Waals surface area contributed by atoms with Crippen molar-refractivity contribution < 1.29 is 14.4 Å². The molecule has 1 aliphatic rings. The van der Waals surface area contributed by atoms with Crippen LogP contribution >= 0.6 is 0 Å². The van der Waals surface area contributed by atoms with Gasteiger partial charge in [-0.05, 0) is 36.6 Å². The van der Waals surface area contributed by atoms with Crippen LogP contribution in [0, 0.1) is 11.3 Å². The largest absolute Gasteiger partial charge is 0.325 e. The summed E-state index contributed by atoms with van der Waals surface area (Å²) < 4.78 is 0. The fourth-order valence-corrected chi connectivity index (χ4v) is 3.10. The topological polar surface area (TPSA) is 90.3 Å². The molecule has 1 heterocycles. The van der Waals surface area contributed by atoms with Crippen LogP contribution in [-0.2, 0) is 16.8 Å². The van der Waals surface area contributed by atoms with Gasteiger partial charge in [0.15, 0.2) is 5.78 Å². The summed E-state index contributed by atoms with van der Waals surface area (Å²) in [5, 5.41) is 11.7. The highest BCUT2D eigenvalue weighted by Gasteiger charge is 2.49. The number of rotatable bonds is 5. The molecule has 0 spiro atoms. The summed E-state index contributed by atoms with van der Waals surface area (Å²) in [7, 11) is 0. The van der Waals surface area contributed by atoms with Crippen LogP contribution in [0.4, 0.5) is 4.79 Å². The van der Waals surface area contributed by atoms with Gasteiger partial charge in [-0.15, -0.1) is 0 Å². The predicted octanol–water partition coefficient (Wildman–Crippen LogP) is 2.77. The molecule has 6 heteroatoms. The van der Waals surface area contributed by atoms with Gasteiger partial charge in [-0.2, -0.15) is 5.26 Å². The first-order valence-electron chi connectivity index (χ1n) is 8.66. The summed E-state index contributed by atoms with van der Waals surface area (Å²) in [4.78, 5) is 38.7. The lowest BCUT2D eigenvalue weighted by atomic mass is 9.91. The second kappa shape index (κ2) is 7.04. The van der Waals surface area contributed by atoms with Crippen LogP contribution in [0.15, 0.2) is 48.5 Å². The second-order valence-electron chi connectivity index (χ2n) is 6.61. The highest BCUT2D eigenvalue weighted by molar-refractivity contribution is 6.11. The summed E-state index contributed by atoms with van der Waals surface area (Å²) in [5.74, 6) is -0.822. The Morgan fingerprint density at radius 3 is 2.52 bits per heavy atom. The number of nitrogens with one attached hydrogen (secondary N) is 1. The highest BCUT2D eigenvalue weighted by atomic mass is 16.2. The number of nitriles is 1. The van der Waals surface area contributed by atoms with E-state index in [-0.39, 0.29) is 12.3 Å². The number of amides is 3. The molecule has 6 nitrogen and oxygen atoms in total. The molecule has 1 aliphatic heterocycles. The SMILES string of the molecule is CCc1ccc(C(=O)CN2C(=O)NC(C)(c3cccc(C#N)c3)C2=O)cc1. The van der Waals surface area contributed by atoms with E-state index in [0.29, 0.717) is 16.7 Å². The maximum atomic E-state index is 12.9. The molecular formula is C21H19N3O3. The number of imide groups is 1. The van der Waals surface area contributed by atoms with Crippen molar-refractivity contribution in [3.05, 3.63) is 70.8 Å². The van der Waals surface area contributed by atoms with Crippen molar-refractivity contribution in [2.24, 2.45) is 0 Å². The number of carbonyl (C=O) groups excluding carboxylic acids is 3. The van der Waals surface area contributed by atoms with Crippen molar-refractivity contribution in [1.82, 2.24) is 10.2 Å². The van der Waals surface area contributed by atoms with E-state index in [1.807, 2.05) is 25.1 Å². The van der Waals surface area contributed by atoms with Crippen molar-refractivity contribution in [2.45, 2.75) is 25.8 Å². The number of carbonyl (C=O) groups is 3. The summed E-state index contributed by atoms with van der Waals surface area (Å²) in [5.41, 5.74) is 1.14. The Bertz CT molecular complexity index is 959. The van der Waals surface area contributed by atoms with E-state index in [9.17, 15) is 14.4 Å². The zero-order valence-electron chi connectivity index (χ0n) is 15.2. The lowest BCUT2D eigenvalue weighted by Gasteiger charge is -2.22. The van der Waals surface area contributed by atoms with Gasteiger partial charge in [0.05, 0.1) is 18.2 Å². The number of nitrogens with zero attached hydrogens (tertiary/aromatic N) is 2. The molecule has 2 aromatic carbocycles. The van der Waals surface area contributed by atoms with Gasteiger partial charge in [-0.1, -0.05) is 43.3 Å². The average molecular weight is 361 g/mol. The normalized spacial score (nSPS) is 18.9. The van der Waals surface area contributed by atoms with Crippen LogP contribution in [0.1, 0.15) is 40.9 Å². The molecule has 3 rings (SSSR count). The van der Waals surface area contributed by atoms with Gasteiger partial charge in [0, 0.05) is 5.56 Å². The quantitative estimate of drug-likeness (QED) is 0.655. The average Bonchev–Trinajstić information content (AvgIpc) is 2.92. The zero-order chi connectivity index (χ0) is 19.6. The van der Waals surface area contributed by atoms with Gasteiger partial charge in [-0.3, -0.25) is 14.5 Å². The van der Waals surface area contributed by atoms with Crippen molar-refractivity contribution in [3.63, 3.8) is 0 Å². The number of aryl methyl sites for hydroxylation is 1. The van der Waals surface area contributed by atoms with Crippen molar-refractivity contribution in [3.8, 4) is 6.07 Å². The first-order chi connectivity index (χ1) is 12.9. The summed E-state index contributed by atoms with van der Waals surface area (Å²) in [6, 6.07) is 15.0. The maximum absolute atomic E-state index is 12.9. The Hall–Kier alpha value is -3.46. The summed E-state index contributed by atoms with van der Waals surface area (Å²) in [6.45, 7) is 3.26. The number of hydrogen-bond acceptors (Lipinski definition) is 4. The molecular weight excluding hydrogens is 342 g/mol. The lowest BCUT2D eigenvalue weighted by Crippen LogP contribution is -2.41. The number of Topliss-reactive ketones (excluding diaryl/α,β-unsaturated/α-hetero) is 1. The first kappa shape index (κ1) is 18.3. The molecule has 0 bridgehead atoms. The molecule has 0 aliphatic carbocycles. The van der Waals surface area contributed by atoms with Gasteiger partial charge in [0.2, 0.25) is 0 Å². The Labute approximate surface area is 157 Å². The minimum Gasteiger partial charge on any atom is -0.319 e. The molecule has 0 aromatic heterocycles. The molecule has 1 N–H and O–H groups in total. The molecule has 27 heavy (non-hydrogen) atoms. The number of urea groups is 1. The van der Waals surface area contributed by atoms with E-state index >= 15 is 0 Å². The molecule has 1 unspecified atom stereocenters. The fraction of sp³-hybridized carbons (Fsp3) is 0.238. The third-order valence-electron chi connectivity index (χ3n) is 4.83. The Kier molecular flexibility index (Phi) is 4.78. The third kappa shape index (κ3) is 3.32. The van der Waals surface area contributed by atoms with E-state index in [1.165, 1.54) is 0 Å². The van der Waals surface area contributed by atoms with E-state index < -0.39 is 17.5 Å². The number of hydrogen-bond donors (Lipinski definition) is 1. The van der Waals surface area contributed by atoms with E-state index in [1.54, 1.807) is 43.3 Å². The van der Waals surface area contributed by atoms with Gasteiger partial charge >= 0.3 is 6.03 Å². The van der Waals surface area contributed by atoms with Crippen molar-refractivity contribution in [1.29, 1.82) is 5.26 Å². The Morgan fingerprint density at radius 2 is 1.89 bits per heavy atom. The molecule has 1 saturated heterocycles. The van der Waals surface area contributed by atoms with E-state index in [2.05, 4.69) is 5.32 Å². The smallest absolute Gasteiger partial charge is 0.319 e. The standard InChI is InChI=1S/C21H19N3O3/c1-3-14-7-9-16(10-8-14)18(25)13-24-19(26)21(2,23-20(24)27)17-6-4-5-15(11-17)12-22/h4-11H,3,13H2,1-2H3,(H,23,27). The summed E-state index contributed by atoms with van der Waals surface area (Å²) >= 11 is 0. The molecule has 0 saturated carbocycles. The predicted molar refractivity (Wildman–Crippen MR) is 98.9 cm³/mol. The zero-order valence-corrected chi connectivity index (χ0v) is 15.2. The molecule has 0 radical (unpaired) electrons. The minimum atomic E-state index is -1.31. The van der Waals surface area contributed by atoms with Gasteiger partial charge < -0.3 is 5.32 Å². The molecule has 1 fully saturated rings. The summed E-state index contributed by atoms with van der Waals surface area (Å²) in [6.07, 6.45) is 0.863. The molecule has 3 amide bonds. The second-order valence-corrected chi connectivity index (χ2v) is 6.61. The Balaban J connectivity index is 1.83. The lowest BCUT2D eigenvalue weighted by molar-refractivity contribution is -0.130. The Morgan fingerprint density at radius 1 is 1.19 bits per heavy atom. The van der Waals surface area contributed by atoms with Crippen LogP contribution in [0.2, 0.25) is 0 Å². The minimum absolute atomic E-state index is 0.309. The number of benzene rings is 2. The van der Waals surface area contributed by atoms with Crippen molar-refractivity contribution in [2.75, 3.05) is 6.54 Å². The van der Waals surface area contributed by atoms with Crippen LogP contribution in [0.25, 0.3) is 0 Å². The van der Waals surface area contributed by atoms with Gasteiger partial charge in [0.1, 0.15) is 5.54 Å².